The molecule has 2 aromatic carbocycles. The molecule has 4 heteroatoms. The van der Waals surface area contributed by atoms with Gasteiger partial charge in [-0.2, -0.15) is 0 Å². The van der Waals surface area contributed by atoms with E-state index in [0.717, 1.165) is 33.8 Å². The van der Waals surface area contributed by atoms with Crippen LogP contribution in [0, 0.1) is 0 Å². The predicted octanol–water partition coefficient (Wildman–Crippen LogP) is 4.35. The third kappa shape index (κ3) is 2.46. The fourth-order valence-electron chi connectivity index (χ4n) is 2.66. The van der Waals surface area contributed by atoms with E-state index in [2.05, 4.69) is 45.5 Å². The third-order valence-electron chi connectivity index (χ3n) is 3.62. The average Bonchev–Trinajstić information content (AvgIpc) is 2.93. The number of ether oxygens (including phenoxy) is 1. The number of nitrogens with one attached hydrogen (secondary N) is 1. The first kappa shape index (κ1) is 13.9. The molecule has 1 atom stereocenters. The smallest absolute Gasteiger partial charge is 0.127 e. The van der Waals surface area contributed by atoms with Crippen molar-refractivity contribution in [3.63, 3.8) is 0 Å². The van der Waals surface area contributed by atoms with Crippen molar-refractivity contribution < 1.29 is 4.74 Å². The SMILES string of the molecule is CNC(c1ccc(Br)c(Cl)c1)c1cccc2c1OCC2. The molecule has 0 aromatic heterocycles. The summed E-state index contributed by atoms with van der Waals surface area (Å²) in [5.41, 5.74) is 3.58. The van der Waals surface area contributed by atoms with Gasteiger partial charge in [0.05, 0.1) is 17.7 Å². The lowest BCUT2D eigenvalue weighted by molar-refractivity contribution is 0.351. The summed E-state index contributed by atoms with van der Waals surface area (Å²) in [5, 5.41) is 4.08. The summed E-state index contributed by atoms with van der Waals surface area (Å²) in [7, 11) is 1.95. The van der Waals surface area contributed by atoms with Gasteiger partial charge in [-0.05, 0) is 46.2 Å². The molecule has 1 heterocycles. The van der Waals surface area contributed by atoms with Crippen LogP contribution in [0.25, 0.3) is 0 Å². The fourth-order valence-corrected chi connectivity index (χ4v) is 3.10. The van der Waals surface area contributed by atoms with Gasteiger partial charge in [0, 0.05) is 16.5 Å². The number of rotatable bonds is 3. The number of halogens is 2. The molecule has 0 bridgehead atoms. The minimum Gasteiger partial charge on any atom is -0.493 e. The maximum atomic E-state index is 6.21. The van der Waals surface area contributed by atoms with Gasteiger partial charge in [0.2, 0.25) is 0 Å². The van der Waals surface area contributed by atoms with E-state index in [1.165, 1.54) is 11.1 Å². The zero-order valence-electron chi connectivity index (χ0n) is 11.1. The Labute approximate surface area is 132 Å². The molecule has 0 fully saturated rings. The summed E-state index contributed by atoms with van der Waals surface area (Å²) in [4.78, 5) is 0. The minimum atomic E-state index is 0.0775. The first-order chi connectivity index (χ1) is 9.70. The van der Waals surface area contributed by atoms with Crippen molar-refractivity contribution in [2.45, 2.75) is 12.5 Å². The lowest BCUT2D eigenvalue weighted by Gasteiger charge is -2.20. The Hall–Kier alpha value is -1.03. The second kappa shape index (κ2) is 5.76. The molecule has 0 radical (unpaired) electrons. The molecule has 0 spiro atoms. The maximum Gasteiger partial charge on any atom is 0.127 e. The summed E-state index contributed by atoms with van der Waals surface area (Å²) in [5.74, 6) is 1.02. The highest BCUT2D eigenvalue weighted by Gasteiger charge is 2.22. The summed E-state index contributed by atoms with van der Waals surface area (Å²) >= 11 is 9.64. The zero-order valence-corrected chi connectivity index (χ0v) is 13.5. The van der Waals surface area contributed by atoms with E-state index in [9.17, 15) is 0 Å². The van der Waals surface area contributed by atoms with Gasteiger partial charge in [-0.25, -0.2) is 0 Å². The van der Waals surface area contributed by atoms with Crippen molar-refractivity contribution in [2.75, 3.05) is 13.7 Å². The number of fused-ring (bicyclic) bond motifs is 1. The van der Waals surface area contributed by atoms with Crippen LogP contribution >= 0.6 is 27.5 Å². The van der Waals surface area contributed by atoms with Crippen molar-refractivity contribution in [3.8, 4) is 5.75 Å². The Morgan fingerprint density at radius 3 is 2.90 bits per heavy atom. The summed E-state index contributed by atoms with van der Waals surface area (Å²) in [6.45, 7) is 0.768. The van der Waals surface area contributed by atoms with Gasteiger partial charge in [-0.15, -0.1) is 0 Å². The zero-order chi connectivity index (χ0) is 14.1. The van der Waals surface area contributed by atoms with E-state index >= 15 is 0 Å². The van der Waals surface area contributed by atoms with E-state index in [1.54, 1.807) is 0 Å². The standard InChI is InChI=1S/C16H15BrClNO/c1-19-15(11-5-6-13(17)14(18)9-11)12-4-2-3-10-7-8-20-16(10)12/h2-6,9,15,19H,7-8H2,1H3. The lowest BCUT2D eigenvalue weighted by atomic mass is 9.96. The summed E-state index contributed by atoms with van der Waals surface area (Å²) < 4.78 is 6.72. The van der Waals surface area contributed by atoms with Crippen LogP contribution in [0.15, 0.2) is 40.9 Å². The molecule has 1 N–H and O–H groups in total. The van der Waals surface area contributed by atoms with Crippen LogP contribution in [0.4, 0.5) is 0 Å². The largest absolute Gasteiger partial charge is 0.493 e. The molecule has 3 rings (SSSR count). The molecule has 1 aliphatic heterocycles. The Bertz CT molecular complexity index is 644. The number of hydrogen-bond acceptors (Lipinski definition) is 2. The van der Waals surface area contributed by atoms with Crippen molar-refractivity contribution in [2.24, 2.45) is 0 Å². The molecule has 0 aliphatic carbocycles. The number of benzene rings is 2. The van der Waals surface area contributed by atoms with Gasteiger partial charge in [0.1, 0.15) is 5.75 Å². The van der Waals surface area contributed by atoms with E-state index in [0.29, 0.717) is 0 Å². The van der Waals surface area contributed by atoms with Gasteiger partial charge in [0.25, 0.3) is 0 Å². The summed E-state index contributed by atoms with van der Waals surface area (Å²) in [6, 6.07) is 12.5. The van der Waals surface area contributed by atoms with Crippen LogP contribution < -0.4 is 10.1 Å². The van der Waals surface area contributed by atoms with Crippen LogP contribution in [0.5, 0.6) is 5.75 Å². The molecular formula is C16H15BrClNO. The van der Waals surface area contributed by atoms with Crippen molar-refractivity contribution in [1.82, 2.24) is 5.32 Å². The second-order valence-electron chi connectivity index (χ2n) is 4.83. The van der Waals surface area contributed by atoms with Crippen LogP contribution in [-0.4, -0.2) is 13.7 Å². The molecule has 2 nitrogen and oxygen atoms in total. The molecule has 2 aromatic rings. The molecule has 1 aliphatic rings. The van der Waals surface area contributed by atoms with E-state index in [1.807, 2.05) is 19.2 Å². The normalized spacial score (nSPS) is 14.8. The monoisotopic (exact) mass is 351 g/mol. The van der Waals surface area contributed by atoms with Gasteiger partial charge < -0.3 is 10.1 Å². The minimum absolute atomic E-state index is 0.0775. The summed E-state index contributed by atoms with van der Waals surface area (Å²) in [6.07, 6.45) is 0.987. The van der Waals surface area contributed by atoms with Crippen molar-refractivity contribution >= 4 is 27.5 Å². The molecule has 0 saturated carbocycles. The molecular weight excluding hydrogens is 338 g/mol. The first-order valence-corrected chi connectivity index (χ1v) is 7.74. The van der Waals surface area contributed by atoms with Crippen molar-refractivity contribution in [1.29, 1.82) is 0 Å². The third-order valence-corrected chi connectivity index (χ3v) is 4.85. The van der Waals surface area contributed by atoms with E-state index < -0.39 is 0 Å². The second-order valence-corrected chi connectivity index (χ2v) is 6.09. The highest BCUT2D eigenvalue weighted by atomic mass is 79.9. The molecule has 20 heavy (non-hydrogen) atoms. The van der Waals surface area contributed by atoms with Gasteiger partial charge in [-0.1, -0.05) is 35.9 Å². The number of hydrogen-bond donors (Lipinski definition) is 1. The Balaban J connectivity index is 2.06. The van der Waals surface area contributed by atoms with Crippen LogP contribution in [0.1, 0.15) is 22.7 Å². The Kier molecular flexibility index (Phi) is 4.01. The maximum absolute atomic E-state index is 6.21. The Morgan fingerprint density at radius 1 is 1.30 bits per heavy atom. The van der Waals surface area contributed by atoms with Gasteiger partial charge in [0.15, 0.2) is 0 Å². The predicted molar refractivity (Wildman–Crippen MR) is 85.7 cm³/mol. The van der Waals surface area contributed by atoms with E-state index in [-0.39, 0.29) is 6.04 Å². The average molecular weight is 353 g/mol. The topological polar surface area (TPSA) is 21.3 Å². The fraction of sp³-hybridized carbons (Fsp3) is 0.250. The van der Waals surface area contributed by atoms with Crippen molar-refractivity contribution in [3.05, 3.63) is 62.6 Å². The first-order valence-electron chi connectivity index (χ1n) is 6.57. The number of para-hydroxylation sites is 1. The lowest BCUT2D eigenvalue weighted by Crippen LogP contribution is -2.18. The van der Waals surface area contributed by atoms with Crippen LogP contribution in [0.3, 0.4) is 0 Å². The van der Waals surface area contributed by atoms with Crippen LogP contribution in [-0.2, 0) is 6.42 Å². The van der Waals surface area contributed by atoms with E-state index in [4.69, 9.17) is 16.3 Å². The highest BCUT2D eigenvalue weighted by molar-refractivity contribution is 9.10. The van der Waals surface area contributed by atoms with Gasteiger partial charge >= 0.3 is 0 Å². The molecule has 0 saturated heterocycles. The highest BCUT2D eigenvalue weighted by Crippen LogP contribution is 2.37. The van der Waals surface area contributed by atoms with Crippen LogP contribution in [0.2, 0.25) is 5.02 Å². The molecule has 1 unspecified atom stereocenters. The van der Waals surface area contributed by atoms with Gasteiger partial charge in [-0.3, -0.25) is 0 Å². The molecule has 0 amide bonds. The quantitative estimate of drug-likeness (QED) is 0.887. The Morgan fingerprint density at radius 2 is 2.15 bits per heavy atom. The molecule has 104 valence electrons.